The van der Waals surface area contributed by atoms with E-state index >= 15 is 0 Å². The van der Waals surface area contributed by atoms with Gasteiger partial charge in [-0.2, -0.15) is 0 Å². The number of hydrogen-bond acceptors (Lipinski definition) is 4. The molecule has 2 heterocycles. The molecule has 0 aliphatic carbocycles. The zero-order chi connectivity index (χ0) is 15.4. The van der Waals surface area contributed by atoms with Crippen LogP contribution in [0.25, 0.3) is 0 Å². The second-order valence-electron chi connectivity index (χ2n) is 5.79. The fraction of sp³-hybridized carbons (Fsp3) is 0.412. The molecular weight excluding hydrogens is 260 g/mol. The van der Waals surface area contributed by atoms with Crippen molar-refractivity contribution in [2.24, 2.45) is 5.73 Å². The summed E-state index contributed by atoms with van der Waals surface area (Å²) in [5, 5.41) is 0. The lowest BCUT2D eigenvalue weighted by molar-refractivity contribution is 0.734. The molecule has 0 saturated carbocycles. The van der Waals surface area contributed by atoms with E-state index in [1.807, 2.05) is 45.3 Å². The Morgan fingerprint density at radius 2 is 2.05 bits per heavy atom. The summed E-state index contributed by atoms with van der Waals surface area (Å²) >= 11 is 0. The van der Waals surface area contributed by atoms with Crippen LogP contribution in [0.5, 0.6) is 0 Å². The van der Waals surface area contributed by atoms with Gasteiger partial charge in [-0.05, 0) is 50.5 Å². The van der Waals surface area contributed by atoms with Gasteiger partial charge in [-0.3, -0.25) is 4.98 Å². The largest absolute Gasteiger partial charge is 0.354 e. The third-order valence-corrected chi connectivity index (χ3v) is 3.37. The zero-order valence-corrected chi connectivity index (χ0v) is 13.3. The summed E-state index contributed by atoms with van der Waals surface area (Å²) in [5.74, 6) is 0.992. The quantitative estimate of drug-likeness (QED) is 0.917. The Morgan fingerprint density at radius 3 is 2.67 bits per heavy atom. The summed E-state index contributed by atoms with van der Waals surface area (Å²) in [7, 11) is 2.05. The van der Waals surface area contributed by atoms with Gasteiger partial charge in [0.05, 0.1) is 12.2 Å². The molecule has 4 heteroatoms. The van der Waals surface area contributed by atoms with Crippen molar-refractivity contribution < 1.29 is 0 Å². The lowest BCUT2D eigenvalue weighted by Crippen LogP contribution is -2.21. The Morgan fingerprint density at radius 1 is 1.29 bits per heavy atom. The first-order valence-corrected chi connectivity index (χ1v) is 7.30. The van der Waals surface area contributed by atoms with E-state index in [1.165, 1.54) is 11.1 Å². The molecule has 0 fully saturated rings. The number of nitrogens with two attached hydrogens (primary N) is 1. The van der Waals surface area contributed by atoms with Gasteiger partial charge in [0.15, 0.2) is 0 Å². The molecule has 21 heavy (non-hydrogen) atoms. The van der Waals surface area contributed by atoms with Crippen LogP contribution >= 0.6 is 0 Å². The van der Waals surface area contributed by atoms with Gasteiger partial charge in [-0.1, -0.05) is 12.1 Å². The van der Waals surface area contributed by atoms with Gasteiger partial charge >= 0.3 is 0 Å². The number of rotatable bonds is 5. The standard InChI is InChI=1S/C17H24N4/c1-12-8-15(9-13(2)18)10-19-17(12)21(4)11-16-7-5-6-14(3)20-16/h5-8,10,13H,9,11,18H2,1-4H3. The van der Waals surface area contributed by atoms with Gasteiger partial charge in [0, 0.05) is 25.0 Å². The first-order valence-electron chi connectivity index (χ1n) is 7.30. The molecule has 0 amide bonds. The fourth-order valence-corrected chi connectivity index (χ4v) is 2.51. The highest BCUT2D eigenvalue weighted by molar-refractivity contribution is 5.47. The minimum Gasteiger partial charge on any atom is -0.354 e. The van der Waals surface area contributed by atoms with Crippen LogP contribution in [-0.2, 0) is 13.0 Å². The van der Waals surface area contributed by atoms with Crippen molar-refractivity contribution in [3.05, 3.63) is 53.0 Å². The van der Waals surface area contributed by atoms with Crippen LogP contribution in [-0.4, -0.2) is 23.1 Å². The first-order chi connectivity index (χ1) is 9.95. The van der Waals surface area contributed by atoms with E-state index in [1.54, 1.807) is 0 Å². The van der Waals surface area contributed by atoms with E-state index < -0.39 is 0 Å². The van der Waals surface area contributed by atoms with E-state index in [2.05, 4.69) is 27.9 Å². The molecule has 0 aliphatic heterocycles. The Kier molecular flexibility index (Phi) is 4.91. The maximum Gasteiger partial charge on any atom is 0.131 e. The first kappa shape index (κ1) is 15.4. The highest BCUT2D eigenvalue weighted by Crippen LogP contribution is 2.19. The van der Waals surface area contributed by atoms with Gasteiger partial charge in [0.2, 0.25) is 0 Å². The molecule has 4 nitrogen and oxygen atoms in total. The Balaban J connectivity index is 2.13. The lowest BCUT2D eigenvalue weighted by Gasteiger charge is -2.20. The topological polar surface area (TPSA) is 55.0 Å². The fourth-order valence-electron chi connectivity index (χ4n) is 2.51. The highest BCUT2D eigenvalue weighted by Gasteiger charge is 2.09. The van der Waals surface area contributed by atoms with Gasteiger partial charge in [-0.25, -0.2) is 4.98 Å². The number of pyridine rings is 2. The number of anilines is 1. The minimum absolute atomic E-state index is 0.159. The SMILES string of the molecule is Cc1cccc(CN(C)c2ncc(CC(C)N)cc2C)n1. The summed E-state index contributed by atoms with van der Waals surface area (Å²) < 4.78 is 0. The molecule has 2 rings (SSSR count). The Labute approximate surface area is 127 Å². The van der Waals surface area contributed by atoms with Crippen molar-refractivity contribution in [1.82, 2.24) is 9.97 Å². The van der Waals surface area contributed by atoms with Crippen molar-refractivity contribution in [1.29, 1.82) is 0 Å². The minimum atomic E-state index is 0.159. The molecule has 112 valence electrons. The van der Waals surface area contributed by atoms with Gasteiger partial charge in [-0.15, -0.1) is 0 Å². The summed E-state index contributed by atoms with van der Waals surface area (Å²) in [5.41, 5.74) is 10.3. The second kappa shape index (κ2) is 6.68. The van der Waals surface area contributed by atoms with Crippen molar-refractivity contribution in [3.63, 3.8) is 0 Å². The normalized spacial score (nSPS) is 12.2. The van der Waals surface area contributed by atoms with Crippen LogP contribution in [0.4, 0.5) is 5.82 Å². The third kappa shape index (κ3) is 4.26. The van der Waals surface area contributed by atoms with E-state index in [-0.39, 0.29) is 6.04 Å². The van der Waals surface area contributed by atoms with Crippen molar-refractivity contribution in [2.75, 3.05) is 11.9 Å². The number of aryl methyl sites for hydroxylation is 2. The number of aromatic nitrogens is 2. The third-order valence-electron chi connectivity index (χ3n) is 3.37. The smallest absolute Gasteiger partial charge is 0.131 e. The predicted octanol–water partition coefficient (Wildman–Crippen LogP) is 2.62. The molecule has 2 N–H and O–H groups in total. The molecule has 1 atom stereocenters. The molecule has 0 bridgehead atoms. The molecule has 0 spiro atoms. The monoisotopic (exact) mass is 284 g/mol. The molecule has 0 radical (unpaired) electrons. The van der Waals surface area contributed by atoms with E-state index in [4.69, 9.17) is 5.73 Å². The molecule has 0 saturated heterocycles. The lowest BCUT2D eigenvalue weighted by atomic mass is 10.1. The van der Waals surface area contributed by atoms with Crippen LogP contribution < -0.4 is 10.6 Å². The summed E-state index contributed by atoms with van der Waals surface area (Å²) in [6.45, 7) is 6.86. The van der Waals surface area contributed by atoms with Crippen LogP contribution in [0.15, 0.2) is 30.5 Å². The molecule has 1 unspecified atom stereocenters. The van der Waals surface area contributed by atoms with Gasteiger partial charge in [0.1, 0.15) is 5.82 Å². The maximum atomic E-state index is 5.84. The van der Waals surface area contributed by atoms with Crippen LogP contribution in [0, 0.1) is 13.8 Å². The van der Waals surface area contributed by atoms with Gasteiger partial charge in [0.25, 0.3) is 0 Å². The van der Waals surface area contributed by atoms with Crippen molar-refractivity contribution in [2.45, 2.75) is 39.8 Å². The number of nitrogens with zero attached hydrogens (tertiary/aromatic N) is 3. The zero-order valence-electron chi connectivity index (χ0n) is 13.3. The molecule has 2 aromatic heterocycles. The summed E-state index contributed by atoms with van der Waals surface area (Å²) in [4.78, 5) is 11.3. The van der Waals surface area contributed by atoms with E-state index in [9.17, 15) is 0 Å². The molecule has 0 aliphatic rings. The average molecular weight is 284 g/mol. The Bertz CT molecular complexity index is 607. The van der Waals surface area contributed by atoms with Gasteiger partial charge < -0.3 is 10.6 Å². The summed E-state index contributed by atoms with van der Waals surface area (Å²) in [6, 6.07) is 8.42. The Hall–Kier alpha value is -1.94. The van der Waals surface area contributed by atoms with E-state index in [0.29, 0.717) is 0 Å². The van der Waals surface area contributed by atoms with Crippen LogP contribution in [0.3, 0.4) is 0 Å². The predicted molar refractivity (Wildman–Crippen MR) is 87.4 cm³/mol. The molecule has 0 aromatic carbocycles. The van der Waals surface area contributed by atoms with Crippen LogP contribution in [0.1, 0.15) is 29.4 Å². The number of hydrogen-bond donors (Lipinski definition) is 1. The summed E-state index contributed by atoms with van der Waals surface area (Å²) in [6.07, 6.45) is 2.78. The van der Waals surface area contributed by atoms with Crippen LogP contribution in [0.2, 0.25) is 0 Å². The molecular formula is C17H24N4. The maximum absolute atomic E-state index is 5.84. The molecule has 2 aromatic rings. The van der Waals surface area contributed by atoms with Crippen molar-refractivity contribution in [3.8, 4) is 0 Å². The highest BCUT2D eigenvalue weighted by atomic mass is 15.2. The van der Waals surface area contributed by atoms with Crippen molar-refractivity contribution >= 4 is 5.82 Å². The second-order valence-corrected chi connectivity index (χ2v) is 5.79. The average Bonchev–Trinajstić information content (AvgIpc) is 2.37. The van der Waals surface area contributed by atoms with E-state index in [0.717, 1.165) is 30.2 Å².